The van der Waals surface area contributed by atoms with Crippen LogP contribution in [0.4, 0.5) is 0 Å². The van der Waals surface area contributed by atoms with Crippen LogP contribution in [0.5, 0.6) is 0 Å². The SMILES string of the molecule is C=NN(/C=C\C)C(/C=C\C)=C\C. The van der Waals surface area contributed by atoms with Crippen LogP contribution in [0.25, 0.3) is 0 Å². The molecule has 0 aromatic rings. The van der Waals surface area contributed by atoms with Crippen LogP contribution >= 0.6 is 0 Å². The standard InChI is InChI=1S/C10H16N2/c1-5-8-10(7-3)12(11-4)9-6-2/h5-9H,4H2,1-3H3/b8-5-,9-6-,10-7-. The fourth-order valence-electron chi connectivity index (χ4n) is 0.832. The average Bonchev–Trinajstić information content (AvgIpc) is 2.11. The summed E-state index contributed by atoms with van der Waals surface area (Å²) in [5.74, 6) is 0. The summed E-state index contributed by atoms with van der Waals surface area (Å²) in [6.45, 7) is 9.37. The maximum Gasteiger partial charge on any atom is 0.0599 e. The highest BCUT2D eigenvalue weighted by Crippen LogP contribution is 2.06. The lowest BCUT2D eigenvalue weighted by atomic mass is 10.3. The average molecular weight is 164 g/mol. The quantitative estimate of drug-likeness (QED) is 0.354. The Morgan fingerprint density at radius 3 is 2.25 bits per heavy atom. The molecule has 0 bridgehead atoms. The second kappa shape index (κ2) is 6.40. The van der Waals surface area contributed by atoms with E-state index in [0.717, 1.165) is 5.70 Å². The van der Waals surface area contributed by atoms with Crippen LogP contribution in [0.1, 0.15) is 20.8 Å². The molecular weight excluding hydrogens is 148 g/mol. The minimum atomic E-state index is 1.02. The summed E-state index contributed by atoms with van der Waals surface area (Å²) in [5.41, 5.74) is 1.02. The number of rotatable bonds is 4. The van der Waals surface area contributed by atoms with Crippen molar-refractivity contribution >= 4 is 6.72 Å². The van der Waals surface area contributed by atoms with Crippen molar-refractivity contribution in [3.05, 3.63) is 36.2 Å². The Morgan fingerprint density at radius 2 is 1.92 bits per heavy atom. The van der Waals surface area contributed by atoms with Gasteiger partial charge in [0.2, 0.25) is 0 Å². The fourth-order valence-corrected chi connectivity index (χ4v) is 0.832. The van der Waals surface area contributed by atoms with Gasteiger partial charge in [-0.15, -0.1) is 0 Å². The van der Waals surface area contributed by atoms with Gasteiger partial charge >= 0.3 is 0 Å². The van der Waals surface area contributed by atoms with Crippen LogP contribution < -0.4 is 0 Å². The molecule has 2 nitrogen and oxygen atoms in total. The van der Waals surface area contributed by atoms with Gasteiger partial charge in [-0.25, -0.2) is 5.01 Å². The van der Waals surface area contributed by atoms with E-state index in [9.17, 15) is 0 Å². The maximum atomic E-state index is 3.84. The molecule has 0 aromatic carbocycles. The van der Waals surface area contributed by atoms with Gasteiger partial charge in [-0.2, -0.15) is 5.10 Å². The van der Waals surface area contributed by atoms with Crippen molar-refractivity contribution in [3.63, 3.8) is 0 Å². The van der Waals surface area contributed by atoms with E-state index >= 15 is 0 Å². The lowest BCUT2D eigenvalue weighted by Crippen LogP contribution is -2.06. The summed E-state index contributed by atoms with van der Waals surface area (Å²) >= 11 is 0. The molecule has 0 rings (SSSR count). The Bertz CT molecular complexity index is 212. The van der Waals surface area contributed by atoms with Crippen LogP contribution in [0.3, 0.4) is 0 Å². The second-order valence-electron chi connectivity index (χ2n) is 2.18. The number of nitrogens with zero attached hydrogens (tertiary/aromatic N) is 2. The second-order valence-corrected chi connectivity index (χ2v) is 2.18. The zero-order valence-electron chi connectivity index (χ0n) is 7.99. The number of allylic oxidation sites excluding steroid dienone is 4. The van der Waals surface area contributed by atoms with Crippen molar-refractivity contribution in [1.82, 2.24) is 5.01 Å². The van der Waals surface area contributed by atoms with Crippen molar-refractivity contribution in [2.75, 3.05) is 0 Å². The highest BCUT2D eigenvalue weighted by Gasteiger charge is 1.96. The van der Waals surface area contributed by atoms with E-state index in [1.165, 1.54) is 0 Å². The largest absolute Gasteiger partial charge is 0.242 e. The van der Waals surface area contributed by atoms with Gasteiger partial charge in [0, 0.05) is 12.9 Å². The molecule has 0 spiro atoms. The first-order valence-electron chi connectivity index (χ1n) is 3.97. The zero-order chi connectivity index (χ0) is 9.40. The lowest BCUT2D eigenvalue weighted by Gasteiger charge is -2.13. The monoisotopic (exact) mass is 164 g/mol. The van der Waals surface area contributed by atoms with E-state index in [0.29, 0.717) is 0 Å². The Labute approximate surface area is 74.6 Å². The van der Waals surface area contributed by atoms with Gasteiger partial charge in [0.15, 0.2) is 0 Å². The first kappa shape index (κ1) is 10.7. The van der Waals surface area contributed by atoms with E-state index in [1.54, 1.807) is 5.01 Å². The van der Waals surface area contributed by atoms with Crippen molar-refractivity contribution in [2.45, 2.75) is 20.8 Å². The minimum absolute atomic E-state index is 1.02. The Morgan fingerprint density at radius 1 is 1.25 bits per heavy atom. The smallest absolute Gasteiger partial charge is 0.0599 e. The van der Waals surface area contributed by atoms with Crippen molar-refractivity contribution in [3.8, 4) is 0 Å². The molecule has 12 heavy (non-hydrogen) atoms. The van der Waals surface area contributed by atoms with E-state index in [1.807, 2.05) is 51.3 Å². The minimum Gasteiger partial charge on any atom is -0.242 e. The van der Waals surface area contributed by atoms with Crippen molar-refractivity contribution < 1.29 is 0 Å². The molecule has 66 valence electrons. The van der Waals surface area contributed by atoms with Crippen LogP contribution in [0.2, 0.25) is 0 Å². The predicted molar refractivity (Wildman–Crippen MR) is 54.8 cm³/mol. The molecule has 0 aromatic heterocycles. The first-order valence-corrected chi connectivity index (χ1v) is 3.97. The molecule has 0 atom stereocenters. The van der Waals surface area contributed by atoms with Gasteiger partial charge < -0.3 is 0 Å². The maximum absolute atomic E-state index is 3.84. The van der Waals surface area contributed by atoms with Crippen LogP contribution in [0.15, 0.2) is 41.3 Å². The predicted octanol–water partition coefficient (Wildman–Crippen LogP) is 2.92. The molecule has 0 aliphatic carbocycles. The summed E-state index contributed by atoms with van der Waals surface area (Å²) in [4.78, 5) is 0. The van der Waals surface area contributed by atoms with Gasteiger partial charge in [-0.1, -0.05) is 18.2 Å². The molecule has 0 radical (unpaired) electrons. The third kappa shape index (κ3) is 3.19. The molecule has 0 N–H and O–H groups in total. The molecule has 0 amide bonds. The third-order valence-electron chi connectivity index (χ3n) is 1.34. The van der Waals surface area contributed by atoms with E-state index in [2.05, 4.69) is 11.8 Å². The number of hydrogen-bond donors (Lipinski definition) is 0. The van der Waals surface area contributed by atoms with Gasteiger partial charge in [0.1, 0.15) is 0 Å². The third-order valence-corrected chi connectivity index (χ3v) is 1.34. The molecule has 0 aliphatic heterocycles. The van der Waals surface area contributed by atoms with Crippen LogP contribution in [-0.2, 0) is 0 Å². The lowest BCUT2D eigenvalue weighted by molar-refractivity contribution is 0.517. The van der Waals surface area contributed by atoms with Gasteiger partial charge in [0.25, 0.3) is 0 Å². The zero-order valence-corrected chi connectivity index (χ0v) is 7.99. The van der Waals surface area contributed by atoms with E-state index < -0.39 is 0 Å². The Balaban J connectivity index is 4.56. The molecule has 0 unspecified atom stereocenters. The molecule has 0 aliphatic rings. The molecule has 0 saturated heterocycles. The summed E-state index contributed by atoms with van der Waals surface area (Å²) in [5, 5.41) is 5.57. The first-order chi connectivity index (χ1) is 5.79. The fraction of sp³-hybridized carbons (Fsp3) is 0.300. The Kier molecular flexibility index (Phi) is 5.70. The van der Waals surface area contributed by atoms with Gasteiger partial charge in [-0.3, -0.25) is 0 Å². The summed E-state index contributed by atoms with van der Waals surface area (Å²) < 4.78 is 0. The summed E-state index contributed by atoms with van der Waals surface area (Å²) in [6, 6.07) is 0. The Hall–Kier alpha value is -1.31. The van der Waals surface area contributed by atoms with E-state index in [4.69, 9.17) is 0 Å². The normalized spacial score (nSPS) is 12.8. The summed E-state index contributed by atoms with van der Waals surface area (Å²) in [7, 11) is 0. The van der Waals surface area contributed by atoms with Gasteiger partial charge in [-0.05, 0) is 26.8 Å². The summed E-state index contributed by atoms with van der Waals surface area (Å²) in [6.07, 6.45) is 9.71. The number of hydrogen-bond acceptors (Lipinski definition) is 2. The highest BCUT2D eigenvalue weighted by atomic mass is 15.4. The van der Waals surface area contributed by atoms with Crippen molar-refractivity contribution in [2.24, 2.45) is 5.10 Å². The van der Waals surface area contributed by atoms with Crippen LogP contribution in [0, 0.1) is 0 Å². The molecule has 2 heteroatoms. The number of hydrazone groups is 1. The topological polar surface area (TPSA) is 15.6 Å². The highest BCUT2D eigenvalue weighted by molar-refractivity contribution is 5.26. The van der Waals surface area contributed by atoms with Gasteiger partial charge in [0.05, 0.1) is 5.70 Å². The molecule has 0 heterocycles. The molecule has 0 saturated carbocycles. The van der Waals surface area contributed by atoms with Crippen LogP contribution in [-0.4, -0.2) is 11.7 Å². The molecule has 0 fully saturated rings. The molecular formula is C10H16N2. The van der Waals surface area contributed by atoms with Crippen molar-refractivity contribution in [1.29, 1.82) is 0 Å². The van der Waals surface area contributed by atoms with E-state index in [-0.39, 0.29) is 0 Å².